The van der Waals surface area contributed by atoms with Gasteiger partial charge in [-0.1, -0.05) is 17.7 Å². The predicted octanol–water partition coefficient (Wildman–Crippen LogP) is 5.68. The number of methoxy groups -OCH3 is 2. The quantitative estimate of drug-likeness (QED) is 0.505. The summed E-state index contributed by atoms with van der Waals surface area (Å²) >= 11 is 6.32. The van der Waals surface area contributed by atoms with Crippen LogP contribution in [0.4, 0.5) is 18.9 Å². The molecule has 2 aliphatic rings. The van der Waals surface area contributed by atoms with Crippen LogP contribution in [-0.4, -0.2) is 31.7 Å². The van der Waals surface area contributed by atoms with Crippen molar-refractivity contribution < 1.29 is 32.5 Å². The first-order valence-corrected chi connectivity index (χ1v) is 12.1. The van der Waals surface area contributed by atoms with E-state index in [-0.39, 0.29) is 40.9 Å². The van der Waals surface area contributed by atoms with Gasteiger partial charge in [-0.05, 0) is 55.7 Å². The molecule has 0 saturated carbocycles. The Morgan fingerprint density at radius 1 is 1.16 bits per heavy atom. The molecule has 0 amide bonds. The lowest BCUT2D eigenvalue weighted by atomic mass is 9.75. The Balaban J connectivity index is 0.00000127. The minimum absolute atomic E-state index is 0.00711. The summed E-state index contributed by atoms with van der Waals surface area (Å²) in [5, 5.41) is 17.7. The fourth-order valence-corrected chi connectivity index (χ4v) is 4.79. The maximum absolute atomic E-state index is 13.5. The molecule has 0 bridgehead atoms. The van der Waals surface area contributed by atoms with Crippen molar-refractivity contribution in [2.45, 2.75) is 38.3 Å². The van der Waals surface area contributed by atoms with Crippen LogP contribution in [0.15, 0.2) is 59.1 Å². The largest absolute Gasteiger partial charge is 0.493 e. The zero-order chi connectivity index (χ0) is 28.2. The van der Waals surface area contributed by atoms with Crippen molar-refractivity contribution in [3.63, 3.8) is 0 Å². The Bertz CT molecular complexity index is 1330. The summed E-state index contributed by atoms with van der Waals surface area (Å²) in [6.45, 7) is 1.93. The van der Waals surface area contributed by atoms with E-state index in [1.165, 1.54) is 19.1 Å². The minimum Gasteiger partial charge on any atom is -0.493 e. The van der Waals surface area contributed by atoms with Crippen LogP contribution in [0.2, 0.25) is 5.02 Å². The molecular formula is C27H27ClF3N3O4. The number of halogens is 4. The van der Waals surface area contributed by atoms with Crippen LogP contribution in [0.5, 0.6) is 11.5 Å². The lowest BCUT2D eigenvalue weighted by Gasteiger charge is -2.40. The van der Waals surface area contributed by atoms with Gasteiger partial charge >= 0.3 is 6.18 Å². The number of allylic oxidation sites excluding steroid dienone is 3. The number of aliphatic hydroxyl groups excluding tert-OH is 1. The zero-order valence-electron chi connectivity index (χ0n) is 21.0. The van der Waals surface area contributed by atoms with E-state index in [4.69, 9.17) is 31.9 Å². The topological polar surface area (TPSA) is 109 Å². The fraction of sp³-hybridized carbons (Fsp3) is 0.333. The fourth-order valence-electron chi connectivity index (χ4n) is 4.59. The van der Waals surface area contributed by atoms with E-state index < -0.39 is 17.7 Å². The third-order valence-corrected chi connectivity index (χ3v) is 6.49. The zero-order valence-corrected chi connectivity index (χ0v) is 21.8. The predicted molar refractivity (Wildman–Crippen MR) is 137 cm³/mol. The third-order valence-electron chi connectivity index (χ3n) is 6.17. The molecule has 1 heterocycles. The highest BCUT2D eigenvalue weighted by atomic mass is 35.5. The number of anilines is 1. The SMILES string of the molecule is CCO.COc1ccc(C2C(C#N)=C(N)N(c3cc(C(F)(F)F)ccc3Cl)C3=C2C(=O)CCC3)cc1OC. The summed E-state index contributed by atoms with van der Waals surface area (Å²) in [6.07, 6.45) is -3.52. The number of rotatable bonds is 4. The lowest BCUT2D eigenvalue weighted by molar-refractivity contribution is -0.137. The Morgan fingerprint density at radius 3 is 2.39 bits per heavy atom. The molecule has 38 heavy (non-hydrogen) atoms. The lowest BCUT2D eigenvalue weighted by Crippen LogP contribution is -2.39. The summed E-state index contributed by atoms with van der Waals surface area (Å²) in [6, 6.07) is 9.97. The van der Waals surface area contributed by atoms with E-state index in [2.05, 4.69) is 6.07 Å². The molecule has 1 unspecified atom stereocenters. The van der Waals surface area contributed by atoms with Gasteiger partial charge in [-0.2, -0.15) is 18.4 Å². The van der Waals surface area contributed by atoms with E-state index >= 15 is 0 Å². The Morgan fingerprint density at radius 2 is 1.82 bits per heavy atom. The normalized spacial score (nSPS) is 17.4. The van der Waals surface area contributed by atoms with Crippen LogP contribution in [0, 0.1) is 11.3 Å². The van der Waals surface area contributed by atoms with E-state index in [0.29, 0.717) is 41.2 Å². The van der Waals surface area contributed by atoms with Gasteiger partial charge in [0.05, 0.1) is 48.1 Å². The molecule has 4 rings (SSSR count). The summed E-state index contributed by atoms with van der Waals surface area (Å²) in [7, 11) is 2.95. The molecule has 1 aliphatic carbocycles. The molecule has 0 aromatic heterocycles. The highest BCUT2D eigenvalue weighted by Gasteiger charge is 2.41. The average molecular weight is 550 g/mol. The number of aliphatic hydroxyl groups is 1. The number of nitrogens with two attached hydrogens (primary N) is 1. The molecule has 2 aromatic carbocycles. The molecule has 202 valence electrons. The summed E-state index contributed by atoms with van der Waals surface area (Å²) < 4.78 is 51.1. The first kappa shape index (κ1) is 28.9. The number of carbonyl (C=O) groups is 1. The Kier molecular flexibility index (Phi) is 8.97. The van der Waals surface area contributed by atoms with E-state index in [1.54, 1.807) is 25.1 Å². The van der Waals surface area contributed by atoms with E-state index in [9.17, 15) is 23.2 Å². The van der Waals surface area contributed by atoms with Gasteiger partial charge < -0.3 is 20.3 Å². The molecule has 7 nitrogen and oxygen atoms in total. The van der Waals surface area contributed by atoms with Crippen molar-refractivity contribution in [2.75, 3.05) is 25.7 Å². The van der Waals surface area contributed by atoms with Crippen LogP contribution < -0.4 is 20.1 Å². The Hall–Kier alpha value is -3.68. The molecule has 1 aliphatic heterocycles. The highest BCUT2D eigenvalue weighted by Crippen LogP contribution is 2.49. The molecule has 2 aromatic rings. The number of benzene rings is 2. The van der Waals surface area contributed by atoms with Crippen LogP contribution >= 0.6 is 11.6 Å². The third kappa shape index (κ3) is 5.44. The number of alkyl halides is 3. The van der Waals surface area contributed by atoms with Gasteiger partial charge in [-0.15, -0.1) is 0 Å². The summed E-state index contributed by atoms with van der Waals surface area (Å²) in [5.41, 5.74) is 6.81. The second-order valence-corrected chi connectivity index (χ2v) is 8.82. The van der Waals surface area contributed by atoms with Crippen molar-refractivity contribution >= 4 is 23.1 Å². The number of nitriles is 1. The van der Waals surface area contributed by atoms with Crippen LogP contribution in [0.25, 0.3) is 0 Å². The molecule has 1 atom stereocenters. The maximum Gasteiger partial charge on any atom is 0.416 e. The van der Waals surface area contributed by atoms with Crippen molar-refractivity contribution in [2.24, 2.45) is 5.73 Å². The van der Waals surface area contributed by atoms with Gasteiger partial charge in [0.1, 0.15) is 5.82 Å². The highest BCUT2D eigenvalue weighted by molar-refractivity contribution is 6.33. The molecule has 0 spiro atoms. The number of ether oxygens (including phenoxy) is 2. The van der Waals surface area contributed by atoms with Crippen LogP contribution in [0.3, 0.4) is 0 Å². The molecule has 0 radical (unpaired) electrons. The second-order valence-electron chi connectivity index (χ2n) is 8.41. The van der Waals surface area contributed by atoms with Gasteiger partial charge in [0.2, 0.25) is 0 Å². The van der Waals surface area contributed by atoms with Crippen molar-refractivity contribution in [3.8, 4) is 17.6 Å². The molecular weight excluding hydrogens is 523 g/mol. The van der Waals surface area contributed by atoms with Crippen molar-refractivity contribution in [1.82, 2.24) is 0 Å². The van der Waals surface area contributed by atoms with Gasteiger partial charge in [-0.25, -0.2) is 0 Å². The minimum atomic E-state index is -4.62. The first-order chi connectivity index (χ1) is 18.0. The van der Waals surface area contributed by atoms with Crippen LogP contribution in [-0.2, 0) is 11.0 Å². The van der Waals surface area contributed by atoms with Crippen molar-refractivity contribution in [1.29, 1.82) is 5.26 Å². The number of nitrogens with zero attached hydrogens (tertiary/aromatic N) is 2. The molecule has 0 fully saturated rings. The first-order valence-electron chi connectivity index (χ1n) is 11.7. The number of carbonyl (C=O) groups excluding carboxylic acids is 1. The smallest absolute Gasteiger partial charge is 0.416 e. The molecule has 0 saturated heterocycles. The summed E-state index contributed by atoms with van der Waals surface area (Å²) in [4.78, 5) is 14.5. The number of hydrogen-bond acceptors (Lipinski definition) is 7. The monoisotopic (exact) mass is 549 g/mol. The second kappa shape index (κ2) is 11.8. The van der Waals surface area contributed by atoms with Gasteiger partial charge in [0.15, 0.2) is 17.3 Å². The number of Topliss-reactive ketones (excluding diaryl/α,β-unsaturated/α-hetero) is 1. The van der Waals surface area contributed by atoms with E-state index in [1.807, 2.05) is 0 Å². The van der Waals surface area contributed by atoms with Crippen molar-refractivity contribution in [3.05, 3.63) is 75.2 Å². The van der Waals surface area contributed by atoms with Gasteiger partial charge in [0.25, 0.3) is 0 Å². The summed E-state index contributed by atoms with van der Waals surface area (Å²) in [5.74, 6) is -0.247. The number of ketones is 1. The van der Waals surface area contributed by atoms with E-state index in [0.717, 1.165) is 18.2 Å². The maximum atomic E-state index is 13.5. The standard InChI is InChI=1S/C25H21ClF3N3O3.C2H6O/c1-34-20-9-6-13(10-21(20)35-2)22-15(12-30)24(31)32(17-4-3-5-19(33)23(17)22)18-11-14(25(27,28)29)7-8-16(18)26;1-2-3/h6-11,22H,3-5,31H2,1-2H3;3H,2H2,1H3. The molecule has 11 heteroatoms. The number of hydrogen-bond donors (Lipinski definition) is 2. The van der Waals surface area contributed by atoms with Crippen LogP contribution in [0.1, 0.15) is 43.2 Å². The average Bonchev–Trinajstić information content (AvgIpc) is 2.88. The van der Waals surface area contributed by atoms with Gasteiger partial charge in [-0.3, -0.25) is 9.69 Å². The van der Waals surface area contributed by atoms with Gasteiger partial charge in [0, 0.05) is 24.3 Å². The Labute approximate surface area is 223 Å². The molecule has 3 N–H and O–H groups in total.